The summed E-state index contributed by atoms with van der Waals surface area (Å²) in [5, 5.41) is 0. The van der Waals surface area contributed by atoms with Crippen LogP contribution in [0.4, 0.5) is 8.78 Å². The van der Waals surface area contributed by atoms with Crippen molar-refractivity contribution in [1.29, 1.82) is 0 Å². The molecule has 148 valence electrons. The number of methoxy groups -OCH3 is 1. The number of alkyl halides is 2. The Morgan fingerprint density at radius 1 is 1.14 bits per heavy atom. The summed E-state index contributed by atoms with van der Waals surface area (Å²) in [6.07, 6.45) is -0.0611. The van der Waals surface area contributed by atoms with E-state index in [-0.39, 0.29) is 29.6 Å². The van der Waals surface area contributed by atoms with E-state index >= 15 is 0 Å². The van der Waals surface area contributed by atoms with E-state index in [4.69, 9.17) is 14.2 Å². The molecule has 2 aromatic carbocycles. The maximum absolute atomic E-state index is 13.4. The Labute approximate surface area is 160 Å². The fourth-order valence-electron chi connectivity index (χ4n) is 2.77. The minimum Gasteiger partial charge on any atom is -0.493 e. The molecule has 0 aliphatic rings. The zero-order valence-electron chi connectivity index (χ0n) is 15.7. The van der Waals surface area contributed by atoms with Crippen LogP contribution in [-0.2, 0) is 11.3 Å². The van der Waals surface area contributed by atoms with Gasteiger partial charge in [-0.15, -0.1) is 0 Å². The van der Waals surface area contributed by atoms with Gasteiger partial charge in [0.05, 0.1) is 29.8 Å². The lowest BCUT2D eigenvalue weighted by molar-refractivity contribution is 0.0387. The number of fused-ring (bicyclic) bond motifs is 1. The minimum absolute atomic E-state index is 0.0312. The molecule has 0 saturated carbocycles. The van der Waals surface area contributed by atoms with E-state index in [0.717, 1.165) is 4.57 Å². The topological polar surface area (TPSA) is 62.6 Å². The molecule has 0 saturated heterocycles. The predicted octanol–water partition coefficient (Wildman–Crippen LogP) is 4.58. The monoisotopic (exact) mass is 390 g/mol. The summed E-state index contributed by atoms with van der Waals surface area (Å²) < 4.78 is 43.7. The standard InChI is InChI=1S/C20H20F2N2O4/c1-12(2)28-16-9-8-13(10-17(16)26-3)19(25)27-11-18-23-14-6-4-5-7-15(14)24(18)20(21)22/h4-10,12,20H,11H2,1-3H3. The molecule has 0 unspecified atom stereocenters. The lowest BCUT2D eigenvalue weighted by Gasteiger charge is -2.14. The molecule has 0 fully saturated rings. The van der Waals surface area contributed by atoms with Gasteiger partial charge in [-0.1, -0.05) is 12.1 Å². The summed E-state index contributed by atoms with van der Waals surface area (Å²) >= 11 is 0. The average molecular weight is 390 g/mol. The van der Waals surface area contributed by atoms with Crippen molar-refractivity contribution in [2.45, 2.75) is 33.1 Å². The second-order valence-electron chi connectivity index (χ2n) is 6.27. The summed E-state index contributed by atoms with van der Waals surface area (Å²) in [5.41, 5.74) is 0.902. The second kappa shape index (κ2) is 8.24. The predicted molar refractivity (Wildman–Crippen MR) is 98.9 cm³/mol. The quantitative estimate of drug-likeness (QED) is 0.553. The first-order valence-electron chi connectivity index (χ1n) is 8.66. The first kappa shape index (κ1) is 19.6. The molecule has 8 heteroatoms. The molecule has 0 N–H and O–H groups in total. The summed E-state index contributed by atoms with van der Waals surface area (Å²) in [6, 6.07) is 11.1. The maximum Gasteiger partial charge on any atom is 0.338 e. The molecule has 0 spiro atoms. The molecule has 1 heterocycles. The van der Waals surface area contributed by atoms with Crippen molar-refractivity contribution in [2.24, 2.45) is 0 Å². The number of aromatic nitrogens is 2. The van der Waals surface area contributed by atoms with Gasteiger partial charge in [-0.25, -0.2) is 9.78 Å². The third-order valence-corrected chi connectivity index (χ3v) is 3.96. The normalized spacial score (nSPS) is 11.2. The molecule has 3 aromatic rings. The largest absolute Gasteiger partial charge is 0.493 e. The number of carbonyl (C=O) groups is 1. The lowest BCUT2D eigenvalue weighted by atomic mass is 10.2. The van der Waals surface area contributed by atoms with Gasteiger partial charge in [0.1, 0.15) is 6.61 Å². The van der Waals surface area contributed by atoms with Crippen molar-refractivity contribution in [3.8, 4) is 11.5 Å². The molecular weight excluding hydrogens is 370 g/mol. The summed E-state index contributed by atoms with van der Waals surface area (Å²) in [6.45, 7) is 0.561. The van der Waals surface area contributed by atoms with E-state index < -0.39 is 12.5 Å². The fourth-order valence-corrected chi connectivity index (χ4v) is 2.77. The highest BCUT2D eigenvalue weighted by molar-refractivity contribution is 5.90. The van der Waals surface area contributed by atoms with Crippen LogP contribution in [0.15, 0.2) is 42.5 Å². The van der Waals surface area contributed by atoms with Gasteiger partial charge in [0, 0.05) is 0 Å². The van der Waals surface area contributed by atoms with E-state index in [2.05, 4.69) is 4.98 Å². The fraction of sp³-hybridized carbons (Fsp3) is 0.300. The first-order chi connectivity index (χ1) is 13.4. The van der Waals surface area contributed by atoms with Crippen molar-refractivity contribution >= 4 is 17.0 Å². The Kier molecular flexibility index (Phi) is 5.77. The van der Waals surface area contributed by atoms with Crippen LogP contribution in [0.2, 0.25) is 0 Å². The number of hydrogen-bond acceptors (Lipinski definition) is 5. The van der Waals surface area contributed by atoms with Crippen LogP contribution in [0.3, 0.4) is 0 Å². The number of hydrogen-bond donors (Lipinski definition) is 0. The third kappa shape index (κ3) is 4.05. The van der Waals surface area contributed by atoms with Gasteiger partial charge in [0.2, 0.25) is 0 Å². The Balaban J connectivity index is 1.79. The van der Waals surface area contributed by atoms with Crippen LogP contribution in [0, 0.1) is 0 Å². The number of ether oxygens (including phenoxy) is 3. The lowest BCUT2D eigenvalue weighted by Crippen LogP contribution is -2.11. The van der Waals surface area contributed by atoms with Crippen molar-refractivity contribution in [2.75, 3.05) is 7.11 Å². The summed E-state index contributed by atoms with van der Waals surface area (Å²) in [4.78, 5) is 16.5. The number of benzene rings is 2. The molecule has 0 atom stereocenters. The van der Waals surface area contributed by atoms with E-state index in [1.807, 2.05) is 13.8 Å². The van der Waals surface area contributed by atoms with Gasteiger partial charge in [0.15, 0.2) is 17.3 Å². The van der Waals surface area contributed by atoms with Crippen molar-refractivity contribution in [3.05, 3.63) is 53.9 Å². The Morgan fingerprint density at radius 2 is 1.89 bits per heavy atom. The van der Waals surface area contributed by atoms with Gasteiger partial charge in [-0.2, -0.15) is 8.78 Å². The summed E-state index contributed by atoms with van der Waals surface area (Å²) in [7, 11) is 1.46. The molecule has 1 aromatic heterocycles. The Morgan fingerprint density at radius 3 is 2.57 bits per heavy atom. The van der Waals surface area contributed by atoms with E-state index in [9.17, 15) is 13.6 Å². The van der Waals surface area contributed by atoms with Gasteiger partial charge in [-0.3, -0.25) is 4.57 Å². The van der Waals surface area contributed by atoms with Crippen molar-refractivity contribution in [1.82, 2.24) is 9.55 Å². The molecule has 0 aliphatic heterocycles. The van der Waals surface area contributed by atoms with Gasteiger partial charge in [0.25, 0.3) is 0 Å². The molecule has 6 nitrogen and oxygen atoms in total. The molecular formula is C20H20F2N2O4. The Bertz CT molecular complexity index is 985. The summed E-state index contributed by atoms with van der Waals surface area (Å²) in [5.74, 6) is 0.162. The molecule has 0 aliphatic carbocycles. The van der Waals surface area contributed by atoms with Gasteiger partial charge >= 0.3 is 12.5 Å². The number of imidazole rings is 1. The number of carbonyl (C=O) groups excluding carboxylic acids is 1. The first-order valence-corrected chi connectivity index (χ1v) is 8.66. The minimum atomic E-state index is -2.80. The van der Waals surface area contributed by atoms with E-state index in [1.165, 1.54) is 25.3 Å². The smallest absolute Gasteiger partial charge is 0.338 e. The number of nitrogens with zero attached hydrogens (tertiary/aromatic N) is 2. The van der Waals surface area contributed by atoms with Crippen LogP contribution >= 0.6 is 0 Å². The number of para-hydroxylation sites is 2. The second-order valence-corrected chi connectivity index (χ2v) is 6.27. The van der Waals surface area contributed by atoms with Gasteiger partial charge < -0.3 is 14.2 Å². The number of rotatable bonds is 7. The molecule has 3 rings (SSSR count). The van der Waals surface area contributed by atoms with E-state index in [0.29, 0.717) is 17.0 Å². The number of halogens is 2. The zero-order chi connectivity index (χ0) is 20.3. The van der Waals surface area contributed by atoms with Crippen molar-refractivity contribution in [3.63, 3.8) is 0 Å². The molecule has 0 amide bonds. The van der Waals surface area contributed by atoms with Crippen LogP contribution in [-0.4, -0.2) is 28.7 Å². The van der Waals surface area contributed by atoms with Crippen molar-refractivity contribution < 1.29 is 27.8 Å². The molecule has 0 radical (unpaired) electrons. The van der Waals surface area contributed by atoms with Crippen LogP contribution in [0.25, 0.3) is 11.0 Å². The maximum atomic E-state index is 13.4. The third-order valence-electron chi connectivity index (χ3n) is 3.96. The number of esters is 1. The highest BCUT2D eigenvalue weighted by Crippen LogP contribution is 2.29. The van der Waals surface area contributed by atoms with Crippen LogP contribution in [0.5, 0.6) is 11.5 Å². The highest BCUT2D eigenvalue weighted by atomic mass is 19.3. The van der Waals surface area contributed by atoms with Crippen LogP contribution < -0.4 is 9.47 Å². The SMILES string of the molecule is COc1cc(C(=O)OCc2nc3ccccc3n2C(F)F)ccc1OC(C)C. The Hall–Kier alpha value is -3.16. The van der Waals surface area contributed by atoms with Gasteiger partial charge in [-0.05, 0) is 44.2 Å². The molecule has 0 bridgehead atoms. The van der Waals surface area contributed by atoms with Crippen LogP contribution in [0.1, 0.15) is 36.6 Å². The highest BCUT2D eigenvalue weighted by Gasteiger charge is 2.20. The molecule has 28 heavy (non-hydrogen) atoms. The average Bonchev–Trinajstić information content (AvgIpc) is 3.04. The zero-order valence-corrected chi connectivity index (χ0v) is 15.7. The van der Waals surface area contributed by atoms with E-state index in [1.54, 1.807) is 24.3 Å².